The Kier molecular flexibility index (Phi) is 4.06. The van der Waals surface area contributed by atoms with E-state index in [1.807, 2.05) is 0 Å². The number of hydrogen-bond acceptors (Lipinski definition) is 3. The summed E-state index contributed by atoms with van der Waals surface area (Å²) in [5.74, 6) is -0.757. The topological polar surface area (TPSA) is 52.3 Å². The van der Waals surface area contributed by atoms with Crippen LogP contribution in [-0.2, 0) is 9.53 Å². The SMILES string of the molecule is COC(=O)C(N)C1(C(F)F)CC1.Cl. The molecule has 0 saturated heterocycles. The molecule has 1 aliphatic rings. The molecule has 13 heavy (non-hydrogen) atoms. The third kappa shape index (κ3) is 2.08. The van der Waals surface area contributed by atoms with Gasteiger partial charge in [-0.05, 0) is 12.8 Å². The molecule has 0 heterocycles. The van der Waals surface area contributed by atoms with Gasteiger partial charge in [0.2, 0.25) is 6.43 Å². The first kappa shape index (κ1) is 12.6. The molecule has 0 radical (unpaired) electrons. The van der Waals surface area contributed by atoms with E-state index in [1.165, 1.54) is 0 Å². The van der Waals surface area contributed by atoms with Crippen molar-refractivity contribution < 1.29 is 18.3 Å². The second-order valence-electron chi connectivity index (χ2n) is 3.03. The first-order chi connectivity index (χ1) is 5.54. The van der Waals surface area contributed by atoms with Crippen molar-refractivity contribution in [3.05, 3.63) is 0 Å². The number of carbonyl (C=O) groups is 1. The fraction of sp³-hybridized carbons (Fsp3) is 0.857. The smallest absolute Gasteiger partial charge is 0.323 e. The first-order valence-corrected chi connectivity index (χ1v) is 3.66. The molecule has 1 unspecified atom stereocenters. The Morgan fingerprint density at radius 3 is 2.23 bits per heavy atom. The highest BCUT2D eigenvalue weighted by Gasteiger charge is 2.58. The predicted molar refractivity (Wildman–Crippen MR) is 44.9 cm³/mol. The van der Waals surface area contributed by atoms with Crippen LogP contribution in [0.4, 0.5) is 8.78 Å². The number of esters is 1. The van der Waals surface area contributed by atoms with Crippen LogP contribution in [0.2, 0.25) is 0 Å². The lowest BCUT2D eigenvalue weighted by Crippen LogP contribution is -2.43. The van der Waals surface area contributed by atoms with Gasteiger partial charge in [-0.3, -0.25) is 4.79 Å². The second kappa shape index (κ2) is 4.19. The number of hydrogen-bond donors (Lipinski definition) is 1. The molecule has 0 bridgehead atoms. The van der Waals surface area contributed by atoms with Gasteiger partial charge in [0.15, 0.2) is 0 Å². The van der Waals surface area contributed by atoms with Crippen molar-refractivity contribution >= 4 is 18.4 Å². The van der Waals surface area contributed by atoms with Crippen LogP contribution in [0, 0.1) is 5.41 Å². The third-order valence-electron chi connectivity index (χ3n) is 2.34. The molecule has 1 atom stereocenters. The van der Waals surface area contributed by atoms with Crippen LogP contribution in [-0.4, -0.2) is 25.5 Å². The van der Waals surface area contributed by atoms with Gasteiger partial charge < -0.3 is 10.5 Å². The average molecular weight is 216 g/mol. The number of alkyl halides is 2. The molecule has 1 fully saturated rings. The maximum absolute atomic E-state index is 12.3. The molecule has 0 aromatic heterocycles. The zero-order chi connectivity index (χ0) is 9.35. The summed E-state index contributed by atoms with van der Waals surface area (Å²) in [6, 6.07) is -1.18. The Hall–Kier alpha value is -0.420. The van der Waals surface area contributed by atoms with Gasteiger partial charge in [-0.25, -0.2) is 8.78 Å². The van der Waals surface area contributed by atoms with Crippen molar-refractivity contribution in [2.75, 3.05) is 7.11 Å². The van der Waals surface area contributed by atoms with Crippen LogP contribution in [0.15, 0.2) is 0 Å². The Morgan fingerprint density at radius 2 is 2.00 bits per heavy atom. The fourth-order valence-electron chi connectivity index (χ4n) is 1.17. The average Bonchev–Trinajstić information content (AvgIpc) is 2.81. The Balaban J connectivity index is 0.00000144. The van der Waals surface area contributed by atoms with Crippen molar-refractivity contribution in [1.29, 1.82) is 0 Å². The molecule has 0 spiro atoms. The molecule has 1 aliphatic carbocycles. The first-order valence-electron chi connectivity index (χ1n) is 3.66. The standard InChI is InChI=1S/C7H11F2NO2.ClH/c1-12-5(11)4(10)7(2-3-7)6(8)9;/h4,6H,2-3,10H2,1H3;1H. The van der Waals surface area contributed by atoms with Gasteiger partial charge in [0, 0.05) is 0 Å². The van der Waals surface area contributed by atoms with E-state index in [0.29, 0.717) is 12.8 Å². The number of nitrogens with two attached hydrogens (primary N) is 1. The zero-order valence-corrected chi connectivity index (χ0v) is 7.94. The van der Waals surface area contributed by atoms with Gasteiger partial charge >= 0.3 is 5.97 Å². The molecular formula is C7H12ClF2NO2. The number of rotatable bonds is 3. The fourth-order valence-corrected chi connectivity index (χ4v) is 1.17. The largest absolute Gasteiger partial charge is 0.468 e. The molecule has 0 amide bonds. The summed E-state index contributed by atoms with van der Waals surface area (Å²) in [6.45, 7) is 0. The molecule has 0 aliphatic heterocycles. The Bertz CT molecular complexity index is 197. The van der Waals surface area contributed by atoms with Gasteiger partial charge in [-0.1, -0.05) is 0 Å². The van der Waals surface area contributed by atoms with Gasteiger partial charge in [-0.2, -0.15) is 0 Å². The molecule has 1 rings (SSSR count). The highest BCUT2D eigenvalue weighted by molar-refractivity contribution is 5.85. The normalized spacial score (nSPS) is 20.4. The van der Waals surface area contributed by atoms with Crippen LogP contribution in [0.5, 0.6) is 0 Å². The highest BCUT2D eigenvalue weighted by Crippen LogP contribution is 2.53. The van der Waals surface area contributed by atoms with E-state index in [0.717, 1.165) is 7.11 Å². The number of carbonyl (C=O) groups excluding carboxylic acids is 1. The molecule has 2 N–H and O–H groups in total. The van der Waals surface area contributed by atoms with Crippen LogP contribution in [0.25, 0.3) is 0 Å². The van der Waals surface area contributed by atoms with E-state index in [-0.39, 0.29) is 12.4 Å². The maximum Gasteiger partial charge on any atom is 0.323 e. The van der Waals surface area contributed by atoms with Crippen molar-refractivity contribution in [1.82, 2.24) is 0 Å². The quantitative estimate of drug-likeness (QED) is 0.714. The number of methoxy groups -OCH3 is 1. The van der Waals surface area contributed by atoms with Crippen molar-refractivity contribution in [3.63, 3.8) is 0 Å². The van der Waals surface area contributed by atoms with Crippen LogP contribution in [0.1, 0.15) is 12.8 Å². The molecule has 0 aromatic rings. The van der Waals surface area contributed by atoms with E-state index in [2.05, 4.69) is 4.74 Å². The Morgan fingerprint density at radius 1 is 1.54 bits per heavy atom. The number of halogens is 3. The Labute approximate surface area is 81.0 Å². The summed E-state index contributed by atoms with van der Waals surface area (Å²) >= 11 is 0. The summed E-state index contributed by atoms with van der Waals surface area (Å²) in [7, 11) is 1.14. The van der Waals surface area contributed by atoms with E-state index in [9.17, 15) is 13.6 Å². The minimum Gasteiger partial charge on any atom is -0.468 e. The molecule has 3 nitrogen and oxygen atoms in total. The van der Waals surface area contributed by atoms with Crippen molar-refractivity contribution in [3.8, 4) is 0 Å². The molecule has 0 aromatic carbocycles. The summed E-state index contributed by atoms with van der Waals surface area (Å²) in [6.07, 6.45) is -1.92. The van der Waals surface area contributed by atoms with Crippen molar-refractivity contribution in [2.45, 2.75) is 25.3 Å². The van der Waals surface area contributed by atoms with Crippen LogP contribution in [0.3, 0.4) is 0 Å². The molecular weight excluding hydrogens is 204 g/mol. The summed E-state index contributed by atoms with van der Waals surface area (Å²) in [5.41, 5.74) is 4.02. The van der Waals surface area contributed by atoms with Gasteiger partial charge in [0.05, 0.1) is 12.5 Å². The lowest BCUT2D eigenvalue weighted by atomic mass is 9.98. The molecule has 1 saturated carbocycles. The van der Waals surface area contributed by atoms with E-state index < -0.39 is 23.9 Å². The zero-order valence-electron chi connectivity index (χ0n) is 7.13. The van der Waals surface area contributed by atoms with Crippen LogP contribution < -0.4 is 5.73 Å². The molecule has 6 heteroatoms. The van der Waals surface area contributed by atoms with Gasteiger partial charge in [-0.15, -0.1) is 12.4 Å². The number of ether oxygens (including phenoxy) is 1. The van der Waals surface area contributed by atoms with E-state index >= 15 is 0 Å². The predicted octanol–water partition coefficient (Wildman–Crippen LogP) is 0.954. The summed E-state index contributed by atoms with van der Waals surface area (Å²) in [4.78, 5) is 10.8. The minimum atomic E-state index is -2.54. The minimum absolute atomic E-state index is 0. The van der Waals surface area contributed by atoms with Crippen molar-refractivity contribution in [2.24, 2.45) is 11.1 Å². The summed E-state index contributed by atoms with van der Waals surface area (Å²) < 4.78 is 29.0. The lowest BCUT2D eigenvalue weighted by molar-refractivity contribution is -0.146. The van der Waals surface area contributed by atoms with E-state index in [4.69, 9.17) is 5.73 Å². The molecule has 78 valence electrons. The second-order valence-corrected chi connectivity index (χ2v) is 3.03. The highest BCUT2D eigenvalue weighted by atomic mass is 35.5. The maximum atomic E-state index is 12.3. The van der Waals surface area contributed by atoms with E-state index in [1.54, 1.807) is 0 Å². The van der Waals surface area contributed by atoms with Crippen LogP contribution >= 0.6 is 12.4 Å². The lowest BCUT2D eigenvalue weighted by Gasteiger charge is -2.19. The third-order valence-corrected chi connectivity index (χ3v) is 2.34. The monoisotopic (exact) mass is 215 g/mol. The van der Waals surface area contributed by atoms with Gasteiger partial charge in [0.25, 0.3) is 0 Å². The summed E-state index contributed by atoms with van der Waals surface area (Å²) in [5, 5.41) is 0. The van der Waals surface area contributed by atoms with Gasteiger partial charge in [0.1, 0.15) is 6.04 Å².